The lowest BCUT2D eigenvalue weighted by Crippen LogP contribution is -2.39. The van der Waals surface area contributed by atoms with Crippen LogP contribution < -0.4 is 5.32 Å². The van der Waals surface area contributed by atoms with Crippen LogP contribution in [0.4, 0.5) is 0 Å². The Balaban J connectivity index is 1.98. The first-order valence-electron chi connectivity index (χ1n) is 6.66. The number of thioether (sulfide) groups is 1. The first kappa shape index (κ1) is 13.4. The van der Waals surface area contributed by atoms with Gasteiger partial charge in [0.1, 0.15) is 0 Å². The van der Waals surface area contributed by atoms with E-state index in [1.165, 1.54) is 56.5 Å². The largest absolute Gasteiger partial charge is 0.311 e. The predicted molar refractivity (Wildman–Crippen MR) is 71.7 cm³/mol. The van der Waals surface area contributed by atoms with E-state index >= 15 is 0 Å². The normalized spacial score (nSPS) is 24.0. The molecule has 0 radical (unpaired) electrons. The molecule has 1 fully saturated rings. The molecule has 0 aromatic rings. The monoisotopic (exact) mass is 229 g/mol. The minimum atomic E-state index is 0.727. The Hall–Kier alpha value is 0.310. The topological polar surface area (TPSA) is 12.0 Å². The minimum absolute atomic E-state index is 0.727. The van der Waals surface area contributed by atoms with E-state index in [0.29, 0.717) is 0 Å². The Kier molecular flexibility index (Phi) is 7.54. The molecule has 1 aliphatic heterocycles. The van der Waals surface area contributed by atoms with Gasteiger partial charge in [0.15, 0.2) is 0 Å². The van der Waals surface area contributed by atoms with Crippen LogP contribution in [-0.2, 0) is 0 Å². The highest BCUT2D eigenvalue weighted by Gasteiger charge is 2.15. The third-order valence-corrected chi connectivity index (χ3v) is 4.39. The molecular weight excluding hydrogens is 202 g/mol. The molecule has 0 bridgehead atoms. The summed E-state index contributed by atoms with van der Waals surface area (Å²) in [5.41, 5.74) is 0. The number of unbranched alkanes of at least 4 members (excludes halogenated alkanes) is 3. The van der Waals surface area contributed by atoms with Crippen molar-refractivity contribution in [3.8, 4) is 0 Å². The molecule has 1 nitrogen and oxygen atoms in total. The van der Waals surface area contributed by atoms with Gasteiger partial charge in [0, 0.05) is 17.8 Å². The standard InChI is InChI=1S/C13H27NS/c1-3-4-5-6-8-12(2)14-13-9-7-10-15-11-13/h12-14H,3-11H2,1-2H3. The Morgan fingerprint density at radius 1 is 1.33 bits per heavy atom. The molecule has 0 aliphatic carbocycles. The molecule has 1 rings (SSSR count). The zero-order valence-corrected chi connectivity index (χ0v) is 11.2. The van der Waals surface area contributed by atoms with Crippen LogP contribution in [0.25, 0.3) is 0 Å². The van der Waals surface area contributed by atoms with Crippen LogP contribution in [0.15, 0.2) is 0 Å². The lowest BCUT2D eigenvalue weighted by Gasteiger charge is -2.26. The van der Waals surface area contributed by atoms with E-state index in [1.807, 2.05) is 0 Å². The van der Waals surface area contributed by atoms with E-state index in [9.17, 15) is 0 Å². The van der Waals surface area contributed by atoms with E-state index in [4.69, 9.17) is 0 Å². The molecule has 1 heterocycles. The van der Waals surface area contributed by atoms with Crippen LogP contribution in [0.2, 0.25) is 0 Å². The van der Waals surface area contributed by atoms with Crippen molar-refractivity contribution in [2.45, 2.75) is 70.9 Å². The summed E-state index contributed by atoms with van der Waals surface area (Å²) in [6.45, 7) is 4.63. The fourth-order valence-corrected chi connectivity index (χ4v) is 3.32. The van der Waals surface area contributed by atoms with Gasteiger partial charge in [-0.15, -0.1) is 0 Å². The van der Waals surface area contributed by atoms with Crippen molar-refractivity contribution in [1.29, 1.82) is 0 Å². The molecule has 0 aromatic carbocycles. The van der Waals surface area contributed by atoms with E-state index in [-0.39, 0.29) is 0 Å². The lowest BCUT2D eigenvalue weighted by atomic mass is 10.1. The molecule has 1 aliphatic rings. The van der Waals surface area contributed by atoms with Crippen LogP contribution in [0.1, 0.15) is 58.8 Å². The Morgan fingerprint density at radius 3 is 2.87 bits per heavy atom. The summed E-state index contributed by atoms with van der Waals surface area (Å²) >= 11 is 2.11. The zero-order valence-electron chi connectivity index (χ0n) is 10.4. The van der Waals surface area contributed by atoms with Crippen molar-refractivity contribution in [2.24, 2.45) is 0 Å². The maximum atomic E-state index is 3.77. The van der Waals surface area contributed by atoms with E-state index in [1.54, 1.807) is 0 Å². The second-order valence-electron chi connectivity index (χ2n) is 4.83. The van der Waals surface area contributed by atoms with Gasteiger partial charge in [-0.1, -0.05) is 32.6 Å². The fraction of sp³-hybridized carbons (Fsp3) is 1.00. The number of nitrogens with one attached hydrogen (secondary N) is 1. The summed E-state index contributed by atoms with van der Waals surface area (Å²) in [4.78, 5) is 0. The van der Waals surface area contributed by atoms with Gasteiger partial charge >= 0.3 is 0 Å². The van der Waals surface area contributed by atoms with Crippen LogP contribution in [0.5, 0.6) is 0 Å². The Bertz CT molecular complexity index is 143. The van der Waals surface area contributed by atoms with Crippen molar-refractivity contribution in [3.63, 3.8) is 0 Å². The molecule has 0 spiro atoms. The van der Waals surface area contributed by atoms with Gasteiger partial charge in [0.2, 0.25) is 0 Å². The number of hydrogen-bond acceptors (Lipinski definition) is 2. The maximum Gasteiger partial charge on any atom is 0.0160 e. The average Bonchev–Trinajstić information content (AvgIpc) is 2.26. The van der Waals surface area contributed by atoms with Crippen molar-refractivity contribution in [1.82, 2.24) is 5.32 Å². The highest BCUT2D eigenvalue weighted by molar-refractivity contribution is 7.99. The average molecular weight is 229 g/mol. The minimum Gasteiger partial charge on any atom is -0.311 e. The fourth-order valence-electron chi connectivity index (χ4n) is 2.24. The van der Waals surface area contributed by atoms with Gasteiger partial charge in [-0.05, 0) is 31.9 Å². The van der Waals surface area contributed by atoms with Crippen LogP contribution in [-0.4, -0.2) is 23.6 Å². The molecular formula is C13H27NS. The van der Waals surface area contributed by atoms with Crippen molar-refractivity contribution in [3.05, 3.63) is 0 Å². The summed E-state index contributed by atoms with van der Waals surface area (Å²) in [5.74, 6) is 2.71. The van der Waals surface area contributed by atoms with E-state index in [2.05, 4.69) is 30.9 Å². The quantitative estimate of drug-likeness (QED) is 0.666. The molecule has 15 heavy (non-hydrogen) atoms. The number of hydrogen-bond donors (Lipinski definition) is 1. The summed E-state index contributed by atoms with van der Waals surface area (Å²) in [6, 6.07) is 1.52. The molecule has 2 heteroatoms. The summed E-state index contributed by atoms with van der Waals surface area (Å²) < 4.78 is 0. The summed E-state index contributed by atoms with van der Waals surface area (Å²) in [6.07, 6.45) is 9.75. The van der Waals surface area contributed by atoms with Gasteiger partial charge in [-0.2, -0.15) is 11.8 Å². The first-order valence-corrected chi connectivity index (χ1v) is 7.82. The van der Waals surface area contributed by atoms with Crippen molar-refractivity contribution < 1.29 is 0 Å². The predicted octanol–water partition coefficient (Wildman–Crippen LogP) is 3.83. The second kappa shape index (κ2) is 8.46. The van der Waals surface area contributed by atoms with Crippen LogP contribution >= 0.6 is 11.8 Å². The van der Waals surface area contributed by atoms with Gasteiger partial charge in [-0.25, -0.2) is 0 Å². The van der Waals surface area contributed by atoms with Gasteiger partial charge in [0.25, 0.3) is 0 Å². The SMILES string of the molecule is CCCCCCC(C)NC1CCCSC1. The highest BCUT2D eigenvalue weighted by atomic mass is 32.2. The smallest absolute Gasteiger partial charge is 0.0160 e. The first-order chi connectivity index (χ1) is 7.33. The number of rotatable bonds is 7. The second-order valence-corrected chi connectivity index (χ2v) is 5.98. The van der Waals surface area contributed by atoms with Gasteiger partial charge < -0.3 is 5.32 Å². The molecule has 0 amide bonds. The molecule has 2 atom stereocenters. The molecule has 1 N–H and O–H groups in total. The molecule has 1 saturated heterocycles. The maximum absolute atomic E-state index is 3.77. The molecule has 0 saturated carbocycles. The third kappa shape index (κ3) is 6.47. The molecule has 2 unspecified atom stereocenters. The van der Waals surface area contributed by atoms with E-state index < -0.39 is 0 Å². The molecule has 0 aromatic heterocycles. The zero-order chi connectivity index (χ0) is 10.9. The lowest BCUT2D eigenvalue weighted by molar-refractivity contribution is 0.413. The van der Waals surface area contributed by atoms with Crippen LogP contribution in [0.3, 0.4) is 0 Å². The summed E-state index contributed by atoms with van der Waals surface area (Å²) in [5, 5.41) is 3.77. The Morgan fingerprint density at radius 2 is 2.20 bits per heavy atom. The summed E-state index contributed by atoms with van der Waals surface area (Å²) in [7, 11) is 0. The van der Waals surface area contributed by atoms with Crippen LogP contribution in [0, 0.1) is 0 Å². The van der Waals surface area contributed by atoms with Gasteiger partial charge in [-0.3, -0.25) is 0 Å². The molecule has 90 valence electrons. The third-order valence-electron chi connectivity index (χ3n) is 3.17. The van der Waals surface area contributed by atoms with Gasteiger partial charge in [0.05, 0.1) is 0 Å². The highest BCUT2D eigenvalue weighted by Crippen LogP contribution is 2.18. The van der Waals surface area contributed by atoms with E-state index in [0.717, 1.165) is 12.1 Å². The Labute approximate surface area is 99.8 Å². The van der Waals surface area contributed by atoms with Crippen molar-refractivity contribution >= 4 is 11.8 Å². The van der Waals surface area contributed by atoms with Crippen molar-refractivity contribution in [2.75, 3.05) is 11.5 Å².